The van der Waals surface area contributed by atoms with Gasteiger partial charge in [-0.1, -0.05) is 0 Å². The van der Waals surface area contributed by atoms with Crippen molar-refractivity contribution >= 4 is 18.6 Å². The number of carboxylic acid groups (broad SMARTS) is 1. The lowest BCUT2D eigenvalue weighted by Gasteiger charge is -1.96. The fourth-order valence-electron chi connectivity index (χ4n) is 0.0781. The van der Waals surface area contributed by atoms with Crippen LogP contribution in [-0.4, -0.2) is 22.9 Å². The number of nitrogens with zero attached hydrogens (tertiary/aromatic N) is 1. The number of carboxylic acids is 1. The molecule has 4 nitrogen and oxygen atoms in total. The minimum Gasteiger partial charge on any atom is -0.480 e. The number of thiol groups is 1. The zero-order chi connectivity index (χ0) is 7.86. The Hall–Kier alpha value is -0.730. The van der Waals surface area contributed by atoms with Gasteiger partial charge in [0.1, 0.15) is 6.04 Å². The molecule has 0 aromatic heterocycles. The van der Waals surface area contributed by atoms with Crippen LogP contribution in [0.15, 0.2) is 0 Å². The van der Waals surface area contributed by atoms with Gasteiger partial charge in [0.15, 0.2) is 0 Å². The van der Waals surface area contributed by atoms with E-state index >= 15 is 0 Å². The molecular formula is C4H8N2O2S. The van der Waals surface area contributed by atoms with Crippen molar-refractivity contribution in [3.8, 4) is 6.57 Å². The van der Waals surface area contributed by atoms with Crippen LogP contribution in [0.1, 0.15) is 0 Å². The number of hydrogen-bond donors (Lipinski definition) is 3. The Bertz CT molecular complexity index is 104. The van der Waals surface area contributed by atoms with Crippen LogP contribution < -0.4 is 5.73 Å². The van der Waals surface area contributed by atoms with Gasteiger partial charge >= 0.3 is 5.97 Å². The summed E-state index contributed by atoms with van der Waals surface area (Å²) in [4.78, 5) is 9.76. The van der Waals surface area contributed by atoms with Gasteiger partial charge in [-0.25, -0.2) is 5.26 Å². The quantitative estimate of drug-likeness (QED) is 0.459. The van der Waals surface area contributed by atoms with Crippen LogP contribution >= 0.6 is 12.6 Å². The standard InChI is InChI=1S/C3H7NO2S.CHN/c4-2(1-7)3(5)6;1-2/h2,7H,1,4H2,(H,5,6);1H. The molecule has 0 heterocycles. The van der Waals surface area contributed by atoms with Gasteiger partial charge in [0.25, 0.3) is 0 Å². The van der Waals surface area contributed by atoms with Gasteiger partial charge in [-0.3, -0.25) is 4.79 Å². The normalized spacial score (nSPS) is 10.7. The molecule has 0 rings (SSSR count). The van der Waals surface area contributed by atoms with Gasteiger partial charge in [-0.2, -0.15) is 12.6 Å². The van der Waals surface area contributed by atoms with Crippen LogP contribution in [0, 0.1) is 11.8 Å². The molecule has 0 fully saturated rings. The van der Waals surface area contributed by atoms with E-state index in [0.717, 1.165) is 0 Å². The first-order valence-corrected chi connectivity index (χ1v) is 2.66. The lowest BCUT2D eigenvalue weighted by molar-refractivity contribution is -0.137. The number of aliphatic carboxylic acids is 1. The summed E-state index contributed by atoms with van der Waals surface area (Å²) in [5.74, 6) is -0.815. The predicted molar refractivity (Wildman–Crippen MR) is 36.1 cm³/mol. The number of nitriles is 1. The van der Waals surface area contributed by atoms with Crippen molar-refractivity contribution in [2.75, 3.05) is 5.75 Å². The fourth-order valence-corrected chi connectivity index (χ4v) is 0.234. The highest BCUT2D eigenvalue weighted by atomic mass is 32.1. The van der Waals surface area contributed by atoms with E-state index in [1.165, 1.54) is 0 Å². The molecular weight excluding hydrogens is 140 g/mol. The summed E-state index contributed by atoms with van der Waals surface area (Å²) < 4.78 is 0. The van der Waals surface area contributed by atoms with Gasteiger partial charge in [-0.15, -0.1) is 0 Å². The van der Waals surface area contributed by atoms with Crippen LogP contribution in [0.5, 0.6) is 0 Å². The molecule has 0 radical (unpaired) electrons. The van der Waals surface area contributed by atoms with Crippen molar-refractivity contribution in [1.82, 2.24) is 0 Å². The van der Waals surface area contributed by atoms with E-state index in [9.17, 15) is 4.79 Å². The molecule has 0 aliphatic heterocycles. The summed E-state index contributed by atoms with van der Waals surface area (Å²) in [6.07, 6.45) is 0. The maximum Gasteiger partial charge on any atom is 0.321 e. The van der Waals surface area contributed by atoms with Gasteiger partial charge in [-0.05, 0) is 0 Å². The molecule has 0 bridgehead atoms. The highest BCUT2D eigenvalue weighted by Crippen LogP contribution is 1.80. The van der Waals surface area contributed by atoms with E-state index in [4.69, 9.17) is 16.1 Å². The maximum absolute atomic E-state index is 9.76. The van der Waals surface area contributed by atoms with Gasteiger partial charge in [0.05, 0.1) is 0 Å². The number of hydrogen-bond acceptors (Lipinski definition) is 4. The average molecular weight is 148 g/mol. The van der Waals surface area contributed by atoms with Gasteiger partial charge in [0, 0.05) is 12.3 Å². The Morgan fingerprint density at radius 3 is 2.22 bits per heavy atom. The first-order valence-electron chi connectivity index (χ1n) is 2.03. The van der Waals surface area contributed by atoms with Crippen molar-refractivity contribution in [3.05, 3.63) is 0 Å². The Morgan fingerprint density at radius 1 is 1.89 bits per heavy atom. The summed E-state index contributed by atoms with van der Waals surface area (Å²) in [5, 5.41) is 14.5. The molecule has 0 amide bonds. The van der Waals surface area contributed by atoms with Crippen LogP contribution in [0.3, 0.4) is 0 Å². The molecule has 52 valence electrons. The Balaban J connectivity index is 0. The zero-order valence-corrected chi connectivity index (χ0v) is 5.58. The van der Waals surface area contributed by atoms with Crippen LogP contribution in [-0.2, 0) is 4.79 Å². The predicted octanol–water partition coefficient (Wildman–Crippen LogP) is -0.532. The lowest BCUT2D eigenvalue weighted by Crippen LogP contribution is -2.31. The average Bonchev–Trinajstić information content (AvgIpc) is 1.91. The molecule has 1 atom stereocenters. The molecule has 0 aliphatic rings. The zero-order valence-electron chi connectivity index (χ0n) is 4.69. The summed E-state index contributed by atoms with van der Waals surface area (Å²) in [6.45, 7) is 3.50. The van der Waals surface area contributed by atoms with Crippen molar-refractivity contribution in [2.45, 2.75) is 6.04 Å². The first-order chi connectivity index (χ1) is 4.18. The van der Waals surface area contributed by atoms with Gasteiger partial charge < -0.3 is 10.8 Å². The molecule has 5 heteroatoms. The lowest BCUT2D eigenvalue weighted by atomic mass is 10.4. The SMILES string of the molecule is C#N.NC(CS)C(=O)O. The third-order valence-electron chi connectivity index (χ3n) is 0.514. The molecule has 0 aromatic rings. The molecule has 0 aromatic carbocycles. The van der Waals surface area contributed by atoms with E-state index in [1.807, 2.05) is 0 Å². The molecule has 3 N–H and O–H groups in total. The monoisotopic (exact) mass is 148 g/mol. The number of rotatable bonds is 2. The first kappa shape index (κ1) is 11.1. The van der Waals surface area contributed by atoms with Crippen LogP contribution in [0.4, 0.5) is 0 Å². The third kappa shape index (κ3) is 7.27. The minimum atomic E-state index is -1.00. The highest BCUT2D eigenvalue weighted by molar-refractivity contribution is 7.80. The van der Waals surface area contributed by atoms with E-state index in [-0.39, 0.29) is 5.75 Å². The Labute approximate surface area is 58.7 Å². The van der Waals surface area contributed by atoms with Crippen LogP contribution in [0.2, 0.25) is 0 Å². The summed E-state index contributed by atoms with van der Waals surface area (Å²) in [7, 11) is 0. The van der Waals surface area contributed by atoms with Crippen LogP contribution in [0.25, 0.3) is 0 Å². The number of carbonyl (C=O) groups is 1. The van der Waals surface area contributed by atoms with Crippen molar-refractivity contribution in [2.24, 2.45) is 5.73 Å². The molecule has 9 heavy (non-hydrogen) atoms. The highest BCUT2D eigenvalue weighted by Gasteiger charge is 2.06. The topological polar surface area (TPSA) is 87.1 Å². The Kier molecular flexibility index (Phi) is 8.98. The van der Waals surface area contributed by atoms with E-state index in [1.54, 1.807) is 0 Å². The summed E-state index contributed by atoms with van der Waals surface area (Å²) in [6, 6.07) is -0.816. The molecule has 0 saturated heterocycles. The minimum absolute atomic E-state index is 0.190. The van der Waals surface area contributed by atoms with E-state index in [2.05, 4.69) is 19.2 Å². The van der Waals surface area contributed by atoms with Crippen molar-refractivity contribution in [1.29, 1.82) is 5.26 Å². The maximum atomic E-state index is 9.76. The molecule has 0 saturated carbocycles. The summed E-state index contributed by atoms with van der Waals surface area (Å²) in [5.41, 5.74) is 4.94. The second-order valence-electron chi connectivity index (χ2n) is 1.13. The second-order valence-corrected chi connectivity index (χ2v) is 1.49. The third-order valence-corrected chi connectivity index (χ3v) is 0.907. The molecule has 1 unspecified atom stereocenters. The smallest absolute Gasteiger partial charge is 0.321 e. The van der Waals surface area contributed by atoms with E-state index in [0.29, 0.717) is 0 Å². The summed E-state index contributed by atoms with van der Waals surface area (Å²) >= 11 is 3.65. The molecule has 0 spiro atoms. The number of nitrogens with two attached hydrogens (primary N) is 1. The fraction of sp³-hybridized carbons (Fsp3) is 0.500. The van der Waals surface area contributed by atoms with Crippen molar-refractivity contribution < 1.29 is 9.90 Å². The van der Waals surface area contributed by atoms with E-state index < -0.39 is 12.0 Å². The van der Waals surface area contributed by atoms with Crippen molar-refractivity contribution in [3.63, 3.8) is 0 Å². The van der Waals surface area contributed by atoms with Gasteiger partial charge in [0.2, 0.25) is 0 Å². The molecule has 0 aliphatic carbocycles. The largest absolute Gasteiger partial charge is 0.480 e. The Morgan fingerprint density at radius 2 is 2.22 bits per heavy atom. The second kappa shape index (κ2) is 7.27.